The number of nitrogens with zero attached hydrogens (tertiary/aromatic N) is 1. The fraction of sp³-hybridized carbons (Fsp3) is 0.250. The van der Waals surface area contributed by atoms with Gasteiger partial charge in [0.15, 0.2) is 0 Å². The average Bonchev–Trinajstić information content (AvgIpc) is 3.24. The standard InChI is InChI=1S/C16H16N2O4/c1-20-12-5-2-4-11(8-12)14-9-15(22-18-14)16(19)17-10-13-6-3-7-21-13/h2-8,15H,9-10H2,1H3,(H,17,19)/t15-/m1/s1. The second kappa shape index (κ2) is 6.34. The molecule has 1 atom stereocenters. The number of benzene rings is 1. The molecule has 0 bridgehead atoms. The van der Waals surface area contributed by atoms with Gasteiger partial charge in [0.05, 0.1) is 25.6 Å². The maximum Gasteiger partial charge on any atom is 0.264 e. The quantitative estimate of drug-likeness (QED) is 0.917. The molecule has 1 N–H and O–H groups in total. The first-order valence-electron chi connectivity index (χ1n) is 6.93. The van der Waals surface area contributed by atoms with Crippen LogP contribution in [-0.2, 0) is 16.2 Å². The highest BCUT2D eigenvalue weighted by atomic mass is 16.6. The van der Waals surface area contributed by atoms with Crippen LogP contribution in [0.4, 0.5) is 0 Å². The summed E-state index contributed by atoms with van der Waals surface area (Å²) in [6.45, 7) is 0.334. The van der Waals surface area contributed by atoms with Crippen LogP contribution in [0.15, 0.2) is 52.2 Å². The zero-order valence-electron chi connectivity index (χ0n) is 12.1. The molecule has 2 heterocycles. The number of hydrogen-bond donors (Lipinski definition) is 1. The molecular weight excluding hydrogens is 284 g/mol. The largest absolute Gasteiger partial charge is 0.497 e. The van der Waals surface area contributed by atoms with Crippen molar-refractivity contribution in [2.24, 2.45) is 5.16 Å². The van der Waals surface area contributed by atoms with E-state index in [1.165, 1.54) is 0 Å². The van der Waals surface area contributed by atoms with Crippen molar-refractivity contribution in [3.05, 3.63) is 54.0 Å². The van der Waals surface area contributed by atoms with Gasteiger partial charge in [-0.3, -0.25) is 4.79 Å². The van der Waals surface area contributed by atoms with E-state index in [0.29, 0.717) is 18.7 Å². The second-order valence-corrected chi connectivity index (χ2v) is 4.87. The smallest absolute Gasteiger partial charge is 0.264 e. The Kier molecular flexibility index (Phi) is 4.09. The van der Waals surface area contributed by atoms with E-state index in [-0.39, 0.29) is 5.91 Å². The molecule has 0 spiro atoms. The molecule has 114 valence electrons. The molecule has 1 aliphatic heterocycles. The van der Waals surface area contributed by atoms with Crippen molar-refractivity contribution in [1.82, 2.24) is 5.32 Å². The normalized spacial score (nSPS) is 16.8. The summed E-state index contributed by atoms with van der Waals surface area (Å²) in [5.74, 6) is 1.23. The Morgan fingerprint density at radius 3 is 3.09 bits per heavy atom. The van der Waals surface area contributed by atoms with Gasteiger partial charge in [-0.1, -0.05) is 17.3 Å². The van der Waals surface area contributed by atoms with E-state index in [9.17, 15) is 4.79 Å². The molecule has 1 aromatic heterocycles. The predicted molar refractivity (Wildman–Crippen MR) is 79.6 cm³/mol. The first-order chi connectivity index (χ1) is 10.8. The highest BCUT2D eigenvalue weighted by molar-refractivity contribution is 6.04. The van der Waals surface area contributed by atoms with Crippen LogP contribution in [0, 0.1) is 0 Å². The minimum Gasteiger partial charge on any atom is -0.497 e. The number of furan rings is 1. The van der Waals surface area contributed by atoms with Crippen LogP contribution in [0.1, 0.15) is 17.7 Å². The Morgan fingerprint density at radius 1 is 1.41 bits per heavy atom. The minimum absolute atomic E-state index is 0.210. The summed E-state index contributed by atoms with van der Waals surface area (Å²) in [4.78, 5) is 17.3. The van der Waals surface area contributed by atoms with Gasteiger partial charge in [-0.05, 0) is 24.3 Å². The summed E-state index contributed by atoms with van der Waals surface area (Å²) < 4.78 is 10.3. The first kappa shape index (κ1) is 14.2. The third-order valence-electron chi connectivity index (χ3n) is 3.38. The molecule has 0 radical (unpaired) electrons. The number of ether oxygens (including phenoxy) is 1. The lowest BCUT2D eigenvalue weighted by Gasteiger charge is -2.08. The second-order valence-electron chi connectivity index (χ2n) is 4.87. The van der Waals surface area contributed by atoms with Crippen molar-refractivity contribution in [3.63, 3.8) is 0 Å². The van der Waals surface area contributed by atoms with E-state index < -0.39 is 6.10 Å². The summed E-state index contributed by atoms with van der Waals surface area (Å²) in [5, 5.41) is 6.77. The Bertz CT molecular complexity index is 679. The van der Waals surface area contributed by atoms with Crippen molar-refractivity contribution in [2.45, 2.75) is 19.1 Å². The van der Waals surface area contributed by atoms with Gasteiger partial charge in [0.1, 0.15) is 11.5 Å². The van der Waals surface area contributed by atoms with Gasteiger partial charge in [-0.2, -0.15) is 0 Å². The highest BCUT2D eigenvalue weighted by Crippen LogP contribution is 2.20. The summed E-state index contributed by atoms with van der Waals surface area (Å²) in [5.41, 5.74) is 1.62. The van der Waals surface area contributed by atoms with Crippen LogP contribution in [0.2, 0.25) is 0 Å². The van der Waals surface area contributed by atoms with Gasteiger partial charge in [-0.25, -0.2) is 0 Å². The molecule has 6 heteroatoms. The summed E-state index contributed by atoms with van der Waals surface area (Å²) >= 11 is 0. The topological polar surface area (TPSA) is 73.1 Å². The van der Waals surface area contributed by atoms with Gasteiger partial charge >= 0.3 is 0 Å². The van der Waals surface area contributed by atoms with E-state index in [4.69, 9.17) is 14.0 Å². The third-order valence-corrected chi connectivity index (χ3v) is 3.38. The molecule has 6 nitrogen and oxygen atoms in total. The number of methoxy groups -OCH3 is 1. The van der Waals surface area contributed by atoms with E-state index in [2.05, 4.69) is 10.5 Å². The molecule has 22 heavy (non-hydrogen) atoms. The molecule has 3 rings (SSSR count). The maximum atomic E-state index is 12.1. The van der Waals surface area contributed by atoms with Crippen LogP contribution >= 0.6 is 0 Å². The van der Waals surface area contributed by atoms with Crippen molar-refractivity contribution in [3.8, 4) is 5.75 Å². The van der Waals surface area contributed by atoms with Gasteiger partial charge in [-0.15, -0.1) is 0 Å². The van der Waals surface area contributed by atoms with Crippen molar-refractivity contribution in [2.75, 3.05) is 7.11 Å². The van der Waals surface area contributed by atoms with Crippen LogP contribution in [0.3, 0.4) is 0 Å². The molecule has 0 saturated heterocycles. The number of hydrogen-bond acceptors (Lipinski definition) is 5. The van der Waals surface area contributed by atoms with Gasteiger partial charge < -0.3 is 19.3 Å². The number of amides is 1. The molecule has 1 aromatic carbocycles. The van der Waals surface area contributed by atoms with E-state index >= 15 is 0 Å². The number of carbonyl (C=O) groups excluding carboxylic acids is 1. The summed E-state index contributed by atoms with van der Waals surface area (Å²) in [6.07, 6.45) is 1.38. The molecule has 0 unspecified atom stereocenters. The Labute approximate surface area is 127 Å². The lowest BCUT2D eigenvalue weighted by Crippen LogP contribution is -2.34. The number of oxime groups is 1. The van der Waals surface area contributed by atoms with Crippen molar-refractivity contribution in [1.29, 1.82) is 0 Å². The number of nitrogens with one attached hydrogen (secondary N) is 1. The number of rotatable bonds is 5. The summed E-state index contributed by atoms with van der Waals surface area (Å²) in [6, 6.07) is 11.1. The zero-order valence-corrected chi connectivity index (χ0v) is 12.1. The predicted octanol–water partition coefficient (Wildman–Crippen LogP) is 2.10. The average molecular weight is 300 g/mol. The highest BCUT2D eigenvalue weighted by Gasteiger charge is 2.28. The Morgan fingerprint density at radius 2 is 2.32 bits per heavy atom. The molecule has 0 saturated carbocycles. The lowest BCUT2D eigenvalue weighted by atomic mass is 10.0. The number of carbonyl (C=O) groups is 1. The fourth-order valence-corrected chi connectivity index (χ4v) is 2.19. The fourth-order valence-electron chi connectivity index (χ4n) is 2.19. The third kappa shape index (κ3) is 3.11. The lowest BCUT2D eigenvalue weighted by molar-refractivity contribution is -0.131. The van der Waals surface area contributed by atoms with Crippen molar-refractivity contribution >= 4 is 11.6 Å². The molecule has 2 aromatic rings. The molecule has 0 fully saturated rings. The van der Waals surface area contributed by atoms with Gasteiger partial charge in [0.25, 0.3) is 5.91 Å². The van der Waals surface area contributed by atoms with Crippen LogP contribution in [0.25, 0.3) is 0 Å². The van der Waals surface area contributed by atoms with Crippen molar-refractivity contribution < 1.29 is 18.8 Å². The van der Waals surface area contributed by atoms with E-state index in [0.717, 1.165) is 17.0 Å². The maximum absolute atomic E-state index is 12.1. The SMILES string of the molecule is COc1cccc(C2=NO[C@@H](C(=O)NCc3ccco3)C2)c1. The van der Waals surface area contributed by atoms with Crippen LogP contribution < -0.4 is 10.1 Å². The summed E-state index contributed by atoms with van der Waals surface area (Å²) in [7, 11) is 1.61. The van der Waals surface area contributed by atoms with Crippen LogP contribution in [0.5, 0.6) is 5.75 Å². The van der Waals surface area contributed by atoms with E-state index in [1.807, 2.05) is 24.3 Å². The van der Waals surface area contributed by atoms with Crippen LogP contribution in [-0.4, -0.2) is 24.8 Å². The molecular formula is C16H16N2O4. The molecule has 1 amide bonds. The zero-order chi connectivity index (χ0) is 15.4. The molecule has 1 aliphatic rings. The Hall–Kier alpha value is -2.76. The van der Waals surface area contributed by atoms with E-state index in [1.54, 1.807) is 25.5 Å². The minimum atomic E-state index is -0.615. The first-order valence-corrected chi connectivity index (χ1v) is 6.93. The van der Waals surface area contributed by atoms with Gasteiger partial charge in [0, 0.05) is 12.0 Å². The Balaban J connectivity index is 1.57. The monoisotopic (exact) mass is 300 g/mol. The van der Waals surface area contributed by atoms with Gasteiger partial charge in [0.2, 0.25) is 6.10 Å². The molecule has 0 aliphatic carbocycles.